The summed E-state index contributed by atoms with van der Waals surface area (Å²) in [5, 5.41) is 5.09. The van der Waals surface area contributed by atoms with Gasteiger partial charge in [0.05, 0.1) is 18.1 Å². The summed E-state index contributed by atoms with van der Waals surface area (Å²) in [6, 6.07) is 9.47. The van der Waals surface area contributed by atoms with Gasteiger partial charge in [0, 0.05) is 26.2 Å². The molecule has 0 spiro atoms. The van der Waals surface area contributed by atoms with E-state index in [1.54, 1.807) is 32.8 Å². The molecule has 1 aromatic carbocycles. The maximum absolute atomic E-state index is 12.7. The Kier molecular flexibility index (Phi) is 5.70. The molecule has 34 heavy (non-hydrogen) atoms. The van der Waals surface area contributed by atoms with Crippen molar-refractivity contribution in [2.75, 3.05) is 32.8 Å². The Morgan fingerprint density at radius 1 is 1.03 bits per heavy atom. The zero-order chi connectivity index (χ0) is 23.7. The zero-order valence-electron chi connectivity index (χ0n) is 19.0. The van der Waals surface area contributed by atoms with Crippen LogP contribution < -0.4 is 4.74 Å². The normalized spacial score (nSPS) is 13.9. The lowest BCUT2D eigenvalue weighted by atomic mass is 10.1. The highest BCUT2D eigenvalue weighted by atomic mass is 16.5. The summed E-state index contributed by atoms with van der Waals surface area (Å²) >= 11 is 0. The van der Waals surface area contributed by atoms with Gasteiger partial charge in [0.2, 0.25) is 5.88 Å². The molecule has 174 valence electrons. The van der Waals surface area contributed by atoms with Crippen molar-refractivity contribution in [2.24, 2.45) is 0 Å². The largest absolute Gasteiger partial charge is 0.467 e. The molecule has 4 heterocycles. The third-order valence-corrected chi connectivity index (χ3v) is 5.76. The fourth-order valence-corrected chi connectivity index (χ4v) is 4.14. The van der Waals surface area contributed by atoms with Crippen LogP contribution in [0.2, 0.25) is 0 Å². The number of fused-ring (bicyclic) bond motifs is 1. The molecule has 10 nitrogen and oxygen atoms in total. The number of nitrogens with zero attached hydrogens (tertiary/aromatic N) is 6. The van der Waals surface area contributed by atoms with Gasteiger partial charge in [0.1, 0.15) is 11.7 Å². The number of aryl methyl sites for hydroxylation is 2. The van der Waals surface area contributed by atoms with Crippen LogP contribution in [-0.4, -0.2) is 74.1 Å². The predicted octanol–water partition coefficient (Wildman–Crippen LogP) is 2.39. The van der Waals surface area contributed by atoms with Crippen LogP contribution in [0.25, 0.3) is 16.7 Å². The van der Waals surface area contributed by atoms with Gasteiger partial charge in [-0.2, -0.15) is 5.10 Å². The van der Waals surface area contributed by atoms with Gasteiger partial charge in [-0.1, -0.05) is 6.07 Å². The van der Waals surface area contributed by atoms with Gasteiger partial charge >= 0.3 is 0 Å². The van der Waals surface area contributed by atoms with Gasteiger partial charge in [-0.05, 0) is 49.2 Å². The highest BCUT2D eigenvalue weighted by Crippen LogP contribution is 2.24. The Hall–Kier alpha value is -4.21. The van der Waals surface area contributed by atoms with Crippen molar-refractivity contribution in [3.8, 4) is 11.6 Å². The van der Waals surface area contributed by atoms with Crippen LogP contribution in [0, 0.1) is 13.8 Å². The summed E-state index contributed by atoms with van der Waals surface area (Å²) in [5.41, 5.74) is 3.75. The second-order valence-electron chi connectivity index (χ2n) is 8.26. The summed E-state index contributed by atoms with van der Waals surface area (Å²) in [4.78, 5) is 37.1. The Balaban J connectivity index is 1.24. The first-order valence-corrected chi connectivity index (χ1v) is 11.0. The lowest BCUT2D eigenvalue weighted by Crippen LogP contribution is -2.51. The van der Waals surface area contributed by atoms with Crippen molar-refractivity contribution in [3.63, 3.8) is 0 Å². The van der Waals surface area contributed by atoms with Crippen molar-refractivity contribution in [3.05, 3.63) is 66.0 Å². The van der Waals surface area contributed by atoms with E-state index in [9.17, 15) is 9.59 Å². The van der Waals surface area contributed by atoms with E-state index in [-0.39, 0.29) is 18.4 Å². The molecule has 3 aromatic heterocycles. The van der Waals surface area contributed by atoms with E-state index >= 15 is 0 Å². The standard InChI is InChI=1S/C24H24N6O4/c1-16-10-17(2)12-18(11-16)30-22-19(13-27-30)23(26-15-25-22)34-14-21(31)28-5-7-29(8-6-28)24(32)20-4-3-9-33-20/h3-4,9-13,15H,5-8,14H2,1-2H3. The minimum atomic E-state index is -0.169. The van der Waals surface area contributed by atoms with Gasteiger partial charge in [-0.3, -0.25) is 9.59 Å². The van der Waals surface area contributed by atoms with Gasteiger partial charge in [-0.25, -0.2) is 14.6 Å². The molecule has 1 saturated heterocycles. The molecule has 0 bridgehead atoms. The molecular formula is C24H24N6O4. The van der Waals surface area contributed by atoms with Crippen molar-refractivity contribution in [1.29, 1.82) is 0 Å². The van der Waals surface area contributed by atoms with Crippen LogP contribution in [0.5, 0.6) is 5.88 Å². The maximum Gasteiger partial charge on any atom is 0.289 e. The minimum Gasteiger partial charge on any atom is -0.467 e. The zero-order valence-corrected chi connectivity index (χ0v) is 19.0. The number of rotatable bonds is 5. The van der Waals surface area contributed by atoms with E-state index in [1.165, 1.54) is 12.6 Å². The number of furan rings is 1. The Bertz CT molecular complexity index is 1320. The molecule has 1 aliphatic rings. The Labute approximate surface area is 195 Å². The molecule has 0 radical (unpaired) electrons. The molecule has 1 aliphatic heterocycles. The molecule has 5 rings (SSSR count). The van der Waals surface area contributed by atoms with Crippen LogP contribution in [0.4, 0.5) is 0 Å². The fraction of sp³-hybridized carbons (Fsp3) is 0.292. The topological polar surface area (TPSA) is 107 Å². The van der Waals surface area contributed by atoms with Crippen LogP contribution in [0.3, 0.4) is 0 Å². The number of amides is 2. The summed E-state index contributed by atoms with van der Waals surface area (Å²) < 4.78 is 12.7. The van der Waals surface area contributed by atoms with Crippen molar-refractivity contribution in [2.45, 2.75) is 13.8 Å². The van der Waals surface area contributed by atoms with Crippen molar-refractivity contribution >= 4 is 22.8 Å². The fourth-order valence-electron chi connectivity index (χ4n) is 4.14. The smallest absolute Gasteiger partial charge is 0.289 e. The molecule has 0 aliphatic carbocycles. The number of ether oxygens (including phenoxy) is 1. The first-order chi connectivity index (χ1) is 16.5. The molecule has 0 saturated carbocycles. The highest BCUT2D eigenvalue weighted by molar-refractivity contribution is 5.91. The number of hydrogen-bond acceptors (Lipinski definition) is 7. The average Bonchev–Trinajstić information content (AvgIpc) is 3.52. The molecule has 10 heteroatoms. The molecular weight excluding hydrogens is 436 g/mol. The molecule has 0 unspecified atom stereocenters. The number of benzene rings is 1. The summed E-state index contributed by atoms with van der Waals surface area (Å²) in [7, 11) is 0. The van der Waals surface area contributed by atoms with E-state index in [0.717, 1.165) is 16.8 Å². The quantitative estimate of drug-likeness (QED) is 0.450. The van der Waals surface area contributed by atoms with E-state index < -0.39 is 0 Å². The van der Waals surface area contributed by atoms with E-state index in [2.05, 4.69) is 21.1 Å². The summed E-state index contributed by atoms with van der Waals surface area (Å²) in [6.07, 6.45) is 4.52. The average molecular weight is 460 g/mol. The van der Waals surface area contributed by atoms with Gasteiger partial charge in [0.25, 0.3) is 11.8 Å². The number of piperazine rings is 1. The second kappa shape index (κ2) is 8.97. The van der Waals surface area contributed by atoms with Gasteiger partial charge in [0.15, 0.2) is 18.0 Å². The highest BCUT2D eigenvalue weighted by Gasteiger charge is 2.26. The third-order valence-electron chi connectivity index (χ3n) is 5.76. The van der Waals surface area contributed by atoms with Crippen molar-refractivity contribution in [1.82, 2.24) is 29.5 Å². The van der Waals surface area contributed by atoms with E-state index in [0.29, 0.717) is 48.9 Å². The monoisotopic (exact) mass is 460 g/mol. The molecule has 0 N–H and O–H groups in total. The van der Waals surface area contributed by atoms with Crippen molar-refractivity contribution < 1.29 is 18.7 Å². The predicted molar refractivity (Wildman–Crippen MR) is 123 cm³/mol. The van der Waals surface area contributed by atoms with E-state index in [1.807, 2.05) is 26.0 Å². The van der Waals surface area contributed by atoms with Crippen LogP contribution in [-0.2, 0) is 4.79 Å². The van der Waals surface area contributed by atoms with Crippen LogP contribution >= 0.6 is 0 Å². The molecule has 1 fully saturated rings. The van der Waals surface area contributed by atoms with Gasteiger partial charge < -0.3 is 19.0 Å². The lowest BCUT2D eigenvalue weighted by molar-refractivity contribution is -0.134. The summed E-state index contributed by atoms with van der Waals surface area (Å²) in [6.45, 7) is 5.63. The maximum atomic E-state index is 12.7. The van der Waals surface area contributed by atoms with Crippen LogP contribution in [0.15, 0.2) is 53.5 Å². The second-order valence-corrected chi connectivity index (χ2v) is 8.26. The first kappa shape index (κ1) is 21.6. The molecule has 4 aromatic rings. The minimum absolute atomic E-state index is 0.160. The van der Waals surface area contributed by atoms with E-state index in [4.69, 9.17) is 9.15 Å². The van der Waals surface area contributed by atoms with Crippen LogP contribution in [0.1, 0.15) is 21.7 Å². The SMILES string of the molecule is Cc1cc(C)cc(-n2ncc3c(OCC(=O)N4CCN(C(=O)c5ccco5)CC4)ncnc32)c1. The molecule has 0 atom stereocenters. The Morgan fingerprint density at radius 3 is 2.47 bits per heavy atom. The number of aromatic nitrogens is 4. The van der Waals surface area contributed by atoms with Gasteiger partial charge in [-0.15, -0.1) is 0 Å². The first-order valence-electron chi connectivity index (χ1n) is 11.0. The third kappa shape index (κ3) is 4.21. The Morgan fingerprint density at radius 2 is 1.76 bits per heavy atom. The number of carbonyl (C=O) groups is 2. The lowest BCUT2D eigenvalue weighted by Gasteiger charge is -2.34. The molecule has 2 amide bonds. The number of hydrogen-bond donors (Lipinski definition) is 0. The summed E-state index contributed by atoms with van der Waals surface area (Å²) in [5.74, 6) is 0.272. The number of carbonyl (C=O) groups excluding carboxylic acids is 2.